The van der Waals surface area contributed by atoms with Gasteiger partial charge in [-0.05, 0) is 6.92 Å². The molecule has 0 aliphatic carbocycles. The molecule has 4 heteroatoms. The molecule has 0 bridgehead atoms. The molecule has 0 aliphatic rings. The Kier molecular flexibility index (Phi) is 1.45. The van der Waals surface area contributed by atoms with Crippen molar-refractivity contribution in [3.63, 3.8) is 0 Å². The Balaban J connectivity index is 2.99. The summed E-state index contributed by atoms with van der Waals surface area (Å²) in [7, 11) is 0. The molecule has 4 nitrogen and oxygen atoms in total. The summed E-state index contributed by atoms with van der Waals surface area (Å²) in [6, 6.07) is 0. The number of hydrogen-bond acceptors (Lipinski definition) is 4. The van der Waals surface area contributed by atoms with Crippen LogP contribution in [0, 0.1) is 0 Å². The quantitative estimate of drug-likeness (QED) is 0.532. The van der Waals surface area contributed by atoms with Crippen LogP contribution in [0.3, 0.4) is 0 Å². The maximum absolute atomic E-state index is 10.6. The molecule has 0 fully saturated rings. The summed E-state index contributed by atoms with van der Waals surface area (Å²) >= 11 is 0. The van der Waals surface area contributed by atoms with Crippen LogP contribution in [-0.4, -0.2) is 6.54 Å². The average molecular weight is 140 g/mol. The number of nitrogens with two attached hydrogens (primary N) is 1. The summed E-state index contributed by atoms with van der Waals surface area (Å²) in [4.78, 5) is 21.1. The highest BCUT2D eigenvalue weighted by Gasteiger charge is 2.15. The molecule has 1 rings (SSSR count). The second kappa shape index (κ2) is 2.13. The molecule has 0 unspecified atom stereocenters. The molecule has 0 aromatic heterocycles. The van der Waals surface area contributed by atoms with E-state index in [-0.39, 0.29) is 11.4 Å². The molecule has 1 aromatic carbocycles. The van der Waals surface area contributed by atoms with Gasteiger partial charge in [0.15, 0.2) is 0 Å². The summed E-state index contributed by atoms with van der Waals surface area (Å²) in [5.74, 6) is 0. The van der Waals surface area contributed by atoms with Crippen LogP contribution in [0.2, 0.25) is 0 Å². The van der Waals surface area contributed by atoms with E-state index in [1.807, 2.05) is 6.92 Å². The molecule has 3 N–H and O–H groups in total. The lowest BCUT2D eigenvalue weighted by atomic mass is 10.2. The largest absolute Gasteiger partial charge is 0.394 e. The van der Waals surface area contributed by atoms with E-state index >= 15 is 0 Å². The van der Waals surface area contributed by atoms with Gasteiger partial charge in [0.25, 0.3) is 10.9 Å². The lowest BCUT2D eigenvalue weighted by Gasteiger charge is -2.05. The first kappa shape index (κ1) is 6.80. The minimum atomic E-state index is -0.573. The van der Waals surface area contributed by atoms with Crippen molar-refractivity contribution >= 4 is 11.4 Å². The number of rotatable bonds is 2. The summed E-state index contributed by atoms with van der Waals surface area (Å²) in [5, 5.41) is 2.70. The molecule has 0 atom stereocenters. The first-order valence-electron chi connectivity index (χ1n) is 3.01. The van der Waals surface area contributed by atoms with Gasteiger partial charge in [-0.15, -0.1) is 0 Å². The van der Waals surface area contributed by atoms with Crippen molar-refractivity contribution in [2.75, 3.05) is 17.6 Å². The van der Waals surface area contributed by atoms with Crippen molar-refractivity contribution in [3.8, 4) is 0 Å². The lowest BCUT2D eigenvalue weighted by molar-refractivity contribution is 1.19. The molecule has 0 saturated carbocycles. The van der Waals surface area contributed by atoms with Crippen LogP contribution in [0.1, 0.15) is 6.92 Å². The Morgan fingerprint density at radius 3 is 2.40 bits per heavy atom. The second-order valence-electron chi connectivity index (χ2n) is 1.98. The predicted molar refractivity (Wildman–Crippen MR) is 39.9 cm³/mol. The van der Waals surface area contributed by atoms with Crippen LogP contribution < -0.4 is 21.9 Å². The van der Waals surface area contributed by atoms with E-state index in [4.69, 9.17) is 5.73 Å². The number of nitrogens with one attached hydrogen (secondary N) is 1. The SMILES string of the molecule is CCNc1c(N)c(=O)c1=O. The number of anilines is 2. The fourth-order valence-electron chi connectivity index (χ4n) is 0.761. The van der Waals surface area contributed by atoms with Gasteiger partial charge in [0, 0.05) is 6.54 Å². The normalized spacial score (nSPS) is 10.1. The summed E-state index contributed by atoms with van der Waals surface area (Å²) in [6.07, 6.45) is 0. The van der Waals surface area contributed by atoms with Crippen LogP contribution in [0.25, 0.3) is 0 Å². The highest BCUT2D eigenvalue weighted by molar-refractivity contribution is 5.71. The van der Waals surface area contributed by atoms with Gasteiger partial charge in [-0.3, -0.25) is 9.59 Å². The van der Waals surface area contributed by atoms with E-state index in [1.54, 1.807) is 0 Å². The minimum Gasteiger partial charge on any atom is -0.394 e. The van der Waals surface area contributed by atoms with Gasteiger partial charge in [0.2, 0.25) is 0 Å². The molecule has 0 spiro atoms. The zero-order valence-electron chi connectivity index (χ0n) is 5.60. The molecular formula is C6H8N2O2. The van der Waals surface area contributed by atoms with E-state index < -0.39 is 10.9 Å². The highest BCUT2D eigenvalue weighted by Crippen LogP contribution is 2.07. The van der Waals surface area contributed by atoms with Crippen molar-refractivity contribution in [1.82, 2.24) is 0 Å². The predicted octanol–water partition coefficient (Wildman–Crippen LogP) is -0.703. The van der Waals surface area contributed by atoms with Crippen LogP contribution in [0.15, 0.2) is 9.59 Å². The average Bonchev–Trinajstić information content (AvgIpc) is 1.98. The Labute approximate surface area is 57.4 Å². The topological polar surface area (TPSA) is 72.2 Å². The van der Waals surface area contributed by atoms with Crippen molar-refractivity contribution in [2.45, 2.75) is 6.92 Å². The fraction of sp³-hybridized carbons (Fsp3) is 0.333. The lowest BCUT2D eigenvalue weighted by Crippen LogP contribution is -2.36. The van der Waals surface area contributed by atoms with Crippen LogP contribution in [0.5, 0.6) is 0 Å². The van der Waals surface area contributed by atoms with Gasteiger partial charge in [0.05, 0.1) is 0 Å². The third kappa shape index (κ3) is 0.689. The number of hydrogen-bond donors (Lipinski definition) is 2. The number of nitrogen functional groups attached to an aromatic ring is 1. The standard InChI is InChI=1S/C6H8N2O2/c1-2-8-4-3(7)5(9)6(4)10/h8H,2,7H2,1H3. The Hall–Kier alpha value is -1.32. The van der Waals surface area contributed by atoms with E-state index in [1.165, 1.54) is 0 Å². The Morgan fingerprint density at radius 1 is 1.40 bits per heavy atom. The van der Waals surface area contributed by atoms with Gasteiger partial charge in [-0.1, -0.05) is 0 Å². The molecule has 54 valence electrons. The monoisotopic (exact) mass is 140 g/mol. The third-order valence-corrected chi connectivity index (χ3v) is 1.30. The van der Waals surface area contributed by atoms with Gasteiger partial charge in [-0.25, -0.2) is 0 Å². The molecule has 10 heavy (non-hydrogen) atoms. The van der Waals surface area contributed by atoms with Gasteiger partial charge in [-0.2, -0.15) is 0 Å². The molecule has 0 amide bonds. The summed E-state index contributed by atoms with van der Waals surface area (Å²) < 4.78 is 0. The van der Waals surface area contributed by atoms with Crippen molar-refractivity contribution in [1.29, 1.82) is 0 Å². The van der Waals surface area contributed by atoms with E-state index in [0.717, 1.165) is 0 Å². The maximum Gasteiger partial charge on any atom is 0.253 e. The Bertz CT molecular complexity index is 309. The minimum absolute atomic E-state index is 0.0619. The Morgan fingerprint density at radius 2 is 2.00 bits per heavy atom. The van der Waals surface area contributed by atoms with Gasteiger partial charge in [0.1, 0.15) is 11.4 Å². The molecule has 1 aromatic rings. The van der Waals surface area contributed by atoms with Crippen molar-refractivity contribution in [3.05, 3.63) is 20.4 Å². The summed E-state index contributed by atoms with van der Waals surface area (Å²) in [5.41, 5.74) is 4.45. The molecular weight excluding hydrogens is 132 g/mol. The summed E-state index contributed by atoms with van der Waals surface area (Å²) in [6.45, 7) is 2.44. The van der Waals surface area contributed by atoms with Crippen LogP contribution in [0.4, 0.5) is 11.4 Å². The van der Waals surface area contributed by atoms with Gasteiger partial charge < -0.3 is 11.1 Å². The maximum atomic E-state index is 10.6. The smallest absolute Gasteiger partial charge is 0.253 e. The molecule has 0 saturated heterocycles. The van der Waals surface area contributed by atoms with Crippen molar-refractivity contribution < 1.29 is 0 Å². The van der Waals surface area contributed by atoms with E-state index in [9.17, 15) is 9.59 Å². The van der Waals surface area contributed by atoms with E-state index in [0.29, 0.717) is 6.54 Å². The zero-order valence-corrected chi connectivity index (χ0v) is 5.60. The first-order valence-corrected chi connectivity index (χ1v) is 3.01. The first-order chi connectivity index (χ1) is 4.68. The highest BCUT2D eigenvalue weighted by atomic mass is 16.2. The van der Waals surface area contributed by atoms with Gasteiger partial charge >= 0.3 is 0 Å². The molecule has 0 radical (unpaired) electrons. The zero-order chi connectivity index (χ0) is 7.72. The second-order valence-corrected chi connectivity index (χ2v) is 1.98. The van der Waals surface area contributed by atoms with Crippen LogP contribution >= 0.6 is 0 Å². The van der Waals surface area contributed by atoms with Crippen molar-refractivity contribution in [2.24, 2.45) is 0 Å². The molecule has 0 heterocycles. The fourth-order valence-corrected chi connectivity index (χ4v) is 0.761. The van der Waals surface area contributed by atoms with E-state index in [2.05, 4.69) is 5.32 Å². The molecule has 0 aliphatic heterocycles. The third-order valence-electron chi connectivity index (χ3n) is 1.30. The van der Waals surface area contributed by atoms with Crippen LogP contribution in [-0.2, 0) is 0 Å².